The summed E-state index contributed by atoms with van der Waals surface area (Å²) in [5.74, 6) is 1.14. The van der Waals surface area contributed by atoms with Crippen LogP contribution < -0.4 is 10.2 Å². The number of hydrogen-bond donors (Lipinski definition) is 1. The van der Waals surface area contributed by atoms with Crippen LogP contribution in [0.3, 0.4) is 0 Å². The van der Waals surface area contributed by atoms with E-state index in [9.17, 15) is 9.59 Å². The standard InChI is InChI=1S/C19H24N4O3/c1-19(2,3)18-21-15(22-26-18)10-11-20-17(25)13-6-8-14(9-7-13)23-12-4-5-16(23)24/h6-9H,4-5,10-12H2,1-3H3,(H,20,25). The molecule has 138 valence electrons. The highest BCUT2D eigenvalue weighted by atomic mass is 16.5. The Morgan fingerprint density at radius 2 is 2.00 bits per heavy atom. The smallest absolute Gasteiger partial charge is 0.251 e. The number of aromatic nitrogens is 2. The SMILES string of the molecule is CC(C)(C)c1nc(CCNC(=O)c2ccc(N3CCCC3=O)cc2)no1. The number of nitrogens with zero attached hydrogens (tertiary/aromatic N) is 3. The van der Waals surface area contributed by atoms with Crippen LogP contribution >= 0.6 is 0 Å². The van der Waals surface area contributed by atoms with Gasteiger partial charge in [-0.25, -0.2) is 0 Å². The number of carbonyl (C=O) groups excluding carboxylic acids is 2. The van der Waals surface area contributed by atoms with Gasteiger partial charge in [-0.1, -0.05) is 25.9 Å². The molecule has 1 aliphatic rings. The molecule has 1 N–H and O–H groups in total. The number of hydrogen-bond acceptors (Lipinski definition) is 5. The van der Waals surface area contributed by atoms with Crippen molar-refractivity contribution in [3.05, 3.63) is 41.5 Å². The lowest BCUT2D eigenvalue weighted by Gasteiger charge is -2.15. The first-order valence-electron chi connectivity index (χ1n) is 8.86. The molecular formula is C19H24N4O3. The fourth-order valence-corrected chi connectivity index (χ4v) is 2.76. The van der Waals surface area contributed by atoms with Crippen molar-refractivity contribution >= 4 is 17.5 Å². The highest BCUT2D eigenvalue weighted by molar-refractivity contribution is 5.97. The van der Waals surface area contributed by atoms with Crippen molar-refractivity contribution in [2.24, 2.45) is 0 Å². The molecule has 2 amide bonds. The minimum absolute atomic E-state index is 0.136. The summed E-state index contributed by atoms with van der Waals surface area (Å²) in [6.07, 6.45) is 1.98. The topological polar surface area (TPSA) is 88.3 Å². The minimum Gasteiger partial charge on any atom is -0.352 e. The Balaban J connectivity index is 1.52. The maximum Gasteiger partial charge on any atom is 0.251 e. The third kappa shape index (κ3) is 4.09. The fourth-order valence-electron chi connectivity index (χ4n) is 2.76. The van der Waals surface area contributed by atoms with E-state index in [1.165, 1.54) is 0 Å². The van der Waals surface area contributed by atoms with Crippen LogP contribution in [-0.4, -0.2) is 35.0 Å². The molecule has 1 saturated heterocycles. The summed E-state index contributed by atoms with van der Waals surface area (Å²) in [5, 5.41) is 6.79. The lowest BCUT2D eigenvalue weighted by molar-refractivity contribution is -0.117. The van der Waals surface area contributed by atoms with Crippen molar-refractivity contribution in [1.82, 2.24) is 15.5 Å². The average Bonchev–Trinajstić information content (AvgIpc) is 3.24. The minimum atomic E-state index is -0.188. The summed E-state index contributed by atoms with van der Waals surface area (Å²) in [6, 6.07) is 7.10. The van der Waals surface area contributed by atoms with Gasteiger partial charge in [0.1, 0.15) is 0 Å². The predicted molar refractivity (Wildman–Crippen MR) is 97.1 cm³/mol. The Bertz CT molecular complexity index is 790. The second-order valence-corrected chi connectivity index (χ2v) is 7.47. The Morgan fingerprint density at radius 1 is 1.27 bits per heavy atom. The van der Waals surface area contributed by atoms with Gasteiger partial charge in [-0.05, 0) is 30.7 Å². The normalized spacial score (nSPS) is 14.7. The van der Waals surface area contributed by atoms with Crippen molar-refractivity contribution < 1.29 is 14.1 Å². The number of carbonyl (C=O) groups is 2. The molecule has 1 aromatic carbocycles. The highest BCUT2D eigenvalue weighted by Gasteiger charge is 2.22. The molecule has 0 saturated carbocycles. The van der Waals surface area contributed by atoms with Gasteiger partial charge >= 0.3 is 0 Å². The summed E-state index contributed by atoms with van der Waals surface area (Å²) >= 11 is 0. The molecule has 0 atom stereocenters. The van der Waals surface area contributed by atoms with Gasteiger partial charge in [0.2, 0.25) is 11.8 Å². The van der Waals surface area contributed by atoms with Gasteiger partial charge in [0.15, 0.2) is 5.82 Å². The van der Waals surface area contributed by atoms with Crippen molar-refractivity contribution in [3.63, 3.8) is 0 Å². The van der Waals surface area contributed by atoms with Crippen LogP contribution in [0.1, 0.15) is 55.7 Å². The maximum atomic E-state index is 12.2. The van der Waals surface area contributed by atoms with Gasteiger partial charge in [-0.2, -0.15) is 4.98 Å². The van der Waals surface area contributed by atoms with E-state index in [0.717, 1.165) is 18.7 Å². The van der Waals surface area contributed by atoms with Gasteiger partial charge in [0.05, 0.1) is 0 Å². The lowest BCUT2D eigenvalue weighted by atomic mass is 9.97. The lowest BCUT2D eigenvalue weighted by Crippen LogP contribution is -2.26. The number of amides is 2. The van der Waals surface area contributed by atoms with E-state index in [4.69, 9.17) is 4.52 Å². The van der Waals surface area contributed by atoms with E-state index in [2.05, 4.69) is 15.5 Å². The fraction of sp³-hybridized carbons (Fsp3) is 0.474. The third-order valence-corrected chi connectivity index (χ3v) is 4.26. The first-order chi connectivity index (χ1) is 12.3. The molecule has 2 aromatic rings. The summed E-state index contributed by atoms with van der Waals surface area (Å²) in [7, 11) is 0. The van der Waals surface area contributed by atoms with E-state index in [-0.39, 0.29) is 17.2 Å². The number of benzene rings is 1. The van der Waals surface area contributed by atoms with E-state index < -0.39 is 0 Å². The predicted octanol–water partition coefficient (Wildman–Crippen LogP) is 2.47. The van der Waals surface area contributed by atoms with Crippen LogP contribution in [0, 0.1) is 0 Å². The van der Waals surface area contributed by atoms with E-state index in [1.807, 2.05) is 32.9 Å². The molecule has 0 aliphatic carbocycles. The Labute approximate surface area is 152 Å². The van der Waals surface area contributed by atoms with Crippen LogP contribution in [-0.2, 0) is 16.6 Å². The van der Waals surface area contributed by atoms with Gasteiger partial charge < -0.3 is 14.7 Å². The zero-order valence-corrected chi connectivity index (χ0v) is 15.4. The maximum absolute atomic E-state index is 12.2. The second kappa shape index (κ2) is 7.27. The summed E-state index contributed by atoms with van der Waals surface area (Å²) in [4.78, 5) is 30.1. The van der Waals surface area contributed by atoms with Crippen molar-refractivity contribution in [2.75, 3.05) is 18.0 Å². The van der Waals surface area contributed by atoms with Crippen LogP contribution in [0.5, 0.6) is 0 Å². The zero-order chi connectivity index (χ0) is 18.7. The molecule has 1 aliphatic heterocycles. The van der Waals surface area contributed by atoms with E-state index in [0.29, 0.717) is 36.7 Å². The molecule has 2 heterocycles. The Hall–Kier alpha value is -2.70. The Morgan fingerprint density at radius 3 is 2.58 bits per heavy atom. The molecule has 0 unspecified atom stereocenters. The number of nitrogens with one attached hydrogen (secondary N) is 1. The van der Waals surface area contributed by atoms with Gasteiger partial charge in [-0.3, -0.25) is 9.59 Å². The quantitative estimate of drug-likeness (QED) is 0.889. The van der Waals surface area contributed by atoms with Gasteiger partial charge in [-0.15, -0.1) is 0 Å². The van der Waals surface area contributed by atoms with Crippen molar-refractivity contribution in [2.45, 2.75) is 45.4 Å². The van der Waals surface area contributed by atoms with E-state index >= 15 is 0 Å². The molecule has 1 fully saturated rings. The zero-order valence-electron chi connectivity index (χ0n) is 15.4. The molecular weight excluding hydrogens is 332 g/mol. The number of anilines is 1. The number of rotatable bonds is 5. The van der Waals surface area contributed by atoms with Crippen LogP contribution in [0.25, 0.3) is 0 Å². The molecule has 1 aromatic heterocycles. The molecule has 26 heavy (non-hydrogen) atoms. The summed E-state index contributed by atoms with van der Waals surface area (Å²) in [5.41, 5.74) is 1.21. The van der Waals surface area contributed by atoms with Gasteiger partial charge in [0.25, 0.3) is 5.91 Å². The molecule has 0 bridgehead atoms. The van der Waals surface area contributed by atoms with Crippen LogP contribution in [0.4, 0.5) is 5.69 Å². The highest BCUT2D eigenvalue weighted by Crippen LogP contribution is 2.22. The van der Waals surface area contributed by atoms with Crippen molar-refractivity contribution in [3.8, 4) is 0 Å². The third-order valence-electron chi connectivity index (χ3n) is 4.26. The van der Waals surface area contributed by atoms with Gasteiger partial charge in [0, 0.05) is 42.6 Å². The van der Waals surface area contributed by atoms with E-state index in [1.54, 1.807) is 17.0 Å². The second-order valence-electron chi connectivity index (χ2n) is 7.47. The van der Waals surface area contributed by atoms with Crippen molar-refractivity contribution in [1.29, 1.82) is 0 Å². The first kappa shape index (κ1) is 18.1. The molecule has 7 heteroatoms. The molecule has 3 rings (SSSR count). The first-order valence-corrected chi connectivity index (χ1v) is 8.86. The summed E-state index contributed by atoms with van der Waals surface area (Å²) < 4.78 is 5.24. The van der Waals surface area contributed by atoms with Crippen LogP contribution in [0.2, 0.25) is 0 Å². The average molecular weight is 356 g/mol. The largest absolute Gasteiger partial charge is 0.352 e. The molecule has 0 radical (unpaired) electrons. The van der Waals surface area contributed by atoms with Crippen LogP contribution in [0.15, 0.2) is 28.8 Å². The monoisotopic (exact) mass is 356 g/mol. The molecule has 7 nitrogen and oxygen atoms in total. The summed E-state index contributed by atoms with van der Waals surface area (Å²) in [6.45, 7) is 7.18. The Kier molecular flexibility index (Phi) is 5.06. The molecule has 0 spiro atoms.